The van der Waals surface area contributed by atoms with Crippen LogP contribution in [0, 0.1) is 0 Å². The Morgan fingerprint density at radius 1 is 1.53 bits per heavy atom. The van der Waals surface area contributed by atoms with Gasteiger partial charge in [0, 0.05) is 12.6 Å². The summed E-state index contributed by atoms with van der Waals surface area (Å²) >= 11 is 0. The zero-order valence-corrected chi connectivity index (χ0v) is 8.28. The number of hydrogen-bond donors (Lipinski definition) is 1. The van der Waals surface area contributed by atoms with Crippen molar-refractivity contribution >= 4 is 16.8 Å². The number of aryl methyl sites for hydroxylation is 1. The maximum atomic E-state index is 11.3. The Balaban J connectivity index is 2.72. The molecule has 4 heteroatoms. The minimum Gasteiger partial charge on any atom is -0.306 e. The molecule has 0 atom stereocenters. The highest BCUT2D eigenvalue weighted by Crippen LogP contribution is 2.12. The number of carbonyl (C=O) groups is 1. The van der Waals surface area contributed by atoms with E-state index < -0.39 is 0 Å². The SMILES string of the molecule is C=CC(=O)c1ccc2c(c1)[nH]c(=O)n2C. The summed E-state index contributed by atoms with van der Waals surface area (Å²) in [6, 6.07) is 5.07. The van der Waals surface area contributed by atoms with Crippen LogP contribution in [0.1, 0.15) is 10.4 Å². The number of benzene rings is 1. The molecule has 1 aromatic heterocycles. The fraction of sp³-hybridized carbons (Fsp3) is 0.0909. The maximum absolute atomic E-state index is 11.3. The highest BCUT2D eigenvalue weighted by Gasteiger charge is 2.06. The molecule has 1 N–H and O–H groups in total. The molecule has 0 bridgehead atoms. The summed E-state index contributed by atoms with van der Waals surface area (Å²) in [6.07, 6.45) is 1.25. The first-order valence-electron chi connectivity index (χ1n) is 4.49. The summed E-state index contributed by atoms with van der Waals surface area (Å²) in [5.74, 6) is -0.151. The van der Waals surface area contributed by atoms with Crippen molar-refractivity contribution < 1.29 is 4.79 Å². The molecule has 0 aliphatic carbocycles. The second kappa shape index (κ2) is 3.24. The van der Waals surface area contributed by atoms with Crippen molar-refractivity contribution in [1.29, 1.82) is 0 Å². The number of aromatic nitrogens is 2. The van der Waals surface area contributed by atoms with Crippen LogP contribution in [0.25, 0.3) is 11.0 Å². The van der Waals surface area contributed by atoms with E-state index in [1.54, 1.807) is 25.2 Å². The molecule has 0 radical (unpaired) electrons. The molecule has 0 saturated heterocycles. The average molecular weight is 202 g/mol. The number of hydrogen-bond acceptors (Lipinski definition) is 2. The number of aromatic amines is 1. The minimum absolute atomic E-state index is 0.151. The molecule has 0 aliphatic rings. The van der Waals surface area contributed by atoms with Crippen LogP contribution in [0.2, 0.25) is 0 Å². The Labute approximate surface area is 85.8 Å². The van der Waals surface area contributed by atoms with E-state index in [1.807, 2.05) is 0 Å². The third-order valence-electron chi connectivity index (χ3n) is 2.37. The minimum atomic E-state index is -0.187. The Bertz CT molecular complexity index is 605. The number of rotatable bonds is 2. The number of fused-ring (bicyclic) bond motifs is 1. The molecule has 0 aliphatic heterocycles. The van der Waals surface area contributed by atoms with E-state index in [2.05, 4.69) is 11.6 Å². The van der Waals surface area contributed by atoms with Gasteiger partial charge < -0.3 is 4.98 Å². The van der Waals surface area contributed by atoms with Crippen molar-refractivity contribution in [3.63, 3.8) is 0 Å². The van der Waals surface area contributed by atoms with Gasteiger partial charge >= 0.3 is 5.69 Å². The van der Waals surface area contributed by atoms with E-state index in [-0.39, 0.29) is 11.5 Å². The molecule has 0 fully saturated rings. The Kier molecular flexibility index (Phi) is 2.04. The summed E-state index contributed by atoms with van der Waals surface area (Å²) in [4.78, 5) is 25.3. The Morgan fingerprint density at radius 2 is 2.27 bits per heavy atom. The van der Waals surface area contributed by atoms with Crippen molar-refractivity contribution in [2.75, 3.05) is 0 Å². The lowest BCUT2D eigenvalue weighted by Crippen LogP contribution is -2.11. The maximum Gasteiger partial charge on any atom is 0.326 e. The first-order chi connectivity index (χ1) is 7.13. The standard InChI is InChI=1S/C11H10N2O2/c1-3-10(14)7-4-5-9-8(6-7)12-11(15)13(9)2/h3-6H,1H2,2H3,(H,12,15). The number of ketones is 1. The van der Waals surface area contributed by atoms with Crippen LogP contribution in [0.4, 0.5) is 0 Å². The van der Waals surface area contributed by atoms with Gasteiger partial charge in [0.2, 0.25) is 0 Å². The van der Waals surface area contributed by atoms with Gasteiger partial charge in [0.05, 0.1) is 11.0 Å². The van der Waals surface area contributed by atoms with Crippen LogP contribution in [0.3, 0.4) is 0 Å². The molecule has 0 spiro atoms. The van der Waals surface area contributed by atoms with E-state index >= 15 is 0 Å². The fourth-order valence-electron chi connectivity index (χ4n) is 1.51. The van der Waals surface area contributed by atoms with Crippen molar-refractivity contribution in [3.8, 4) is 0 Å². The van der Waals surface area contributed by atoms with E-state index in [0.29, 0.717) is 11.1 Å². The number of imidazole rings is 1. The zero-order valence-electron chi connectivity index (χ0n) is 8.28. The average Bonchev–Trinajstić information content (AvgIpc) is 2.53. The number of carbonyl (C=O) groups excluding carboxylic acids is 1. The first kappa shape index (κ1) is 9.45. The monoisotopic (exact) mass is 202 g/mol. The highest BCUT2D eigenvalue weighted by molar-refractivity contribution is 6.05. The van der Waals surface area contributed by atoms with Gasteiger partial charge in [-0.25, -0.2) is 4.79 Å². The van der Waals surface area contributed by atoms with Crippen molar-refractivity contribution in [1.82, 2.24) is 9.55 Å². The molecule has 2 aromatic rings. The smallest absolute Gasteiger partial charge is 0.306 e. The second-order valence-corrected chi connectivity index (χ2v) is 3.29. The molecule has 76 valence electrons. The van der Waals surface area contributed by atoms with Gasteiger partial charge in [0.1, 0.15) is 0 Å². The lowest BCUT2D eigenvalue weighted by molar-refractivity contribution is 0.104. The largest absolute Gasteiger partial charge is 0.326 e. The van der Waals surface area contributed by atoms with E-state index in [4.69, 9.17) is 0 Å². The topological polar surface area (TPSA) is 54.9 Å². The van der Waals surface area contributed by atoms with Crippen molar-refractivity contribution in [2.24, 2.45) is 7.05 Å². The highest BCUT2D eigenvalue weighted by atomic mass is 16.1. The fourth-order valence-corrected chi connectivity index (χ4v) is 1.51. The molecule has 1 heterocycles. The van der Waals surface area contributed by atoms with Crippen LogP contribution in [0.15, 0.2) is 35.6 Å². The quantitative estimate of drug-likeness (QED) is 0.588. The Morgan fingerprint density at radius 3 is 2.93 bits per heavy atom. The number of nitrogens with one attached hydrogen (secondary N) is 1. The van der Waals surface area contributed by atoms with Gasteiger partial charge in [-0.05, 0) is 24.3 Å². The zero-order chi connectivity index (χ0) is 11.0. The van der Waals surface area contributed by atoms with E-state index in [9.17, 15) is 9.59 Å². The van der Waals surface area contributed by atoms with Crippen LogP contribution in [-0.2, 0) is 7.05 Å². The summed E-state index contributed by atoms with van der Waals surface area (Å²) in [7, 11) is 1.68. The lowest BCUT2D eigenvalue weighted by Gasteiger charge is -1.96. The van der Waals surface area contributed by atoms with E-state index in [1.165, 1.54) is 10.6 Å². The number of nitrogens with zero attached hydrogens (tertiary/aromatic N) is 1. The molecule has 0 amide bonds. The van der Waals surface area contributed by atoms with Gasteiger partial charge in [-0.2, -0.15) is 0 Å². The van der Waals surface area contributed by atoms with Crippen LogP contribution in [-0.4, -0.2) is 15.3 Å². The van der Waals surface area contributed by atoms with Gasteiger partial charge in [0.25, 0.3) is 0 Å². The molecule has 15 heavy (non-hydrogen) atoms. The van der Waals surface area contributed by atoms with Gasteiger partial charge in [0.15, 0.2) is 5.78 Å². The molecular formula is C11H10N2O2. The lowest BCUT2D eigenvalue weighted by atomic mass is 10.1. The summed E-state index contributed by atoms with van der Waals surface area (Å²) in [5.41, 5.74) is 1.78. The predicted molar refractivity (Wildman–Crippen MR) is 58.1 cm³/mol. The first-order valence-corrected chi connectivity index (χ1v) is 4.49. The van der Waals surface area contributed by atoms with Gasteiger partial charge in [-0.15, -0.1) is 0 Å². The molecule has 0 saturated carbocycles. The second-order valence-electron chi connectivity index (χ2n) is 3.29. The van der Waals surface area contributed by atoms with Gasteiger partial charge in [-0.3, -0.25) is 9.36 Å². The third kappa shape index (κ3) is 1.40. The van der Waals surface area contributed by atoms with E-state index in [0.717, 1.165) is 5.52 Å². The molecule has 0 unspecified atom stereocenters. The summed E-state index contributed by atoms with van der Waals surface area (Å²) in [5, 5.41) is 0. The molecule has 2 rings (SSSR count). The molecule has 4 nitrogen and oxygen atoms in total. The number of allylic oxidation sites excluding steroid dienone is 1. The molecule has 1 aromatic carbocycles. The van der Waals surface area contributed by atoms with Crippen LogP contribution in [0.5, 0.6) is 0 Å². The normalized spacial score (nSPS) is 10.5. The summed E-state index contributed by atoms with van der Waals surface area (Å²) < 4.78 is 1.50. The third-order valence-corrected chi connectivity index (χ3v) is 2.37. The van der Waals surface area contributed by atoms with Crippen molar-refractivity contribution in [2.45, 2.75) is 0 Å². The van der Waals surface area contributed by atoms with Crippen molar-refractivity contribution in [3.05, 3.63) is 46.9 Å². The summed E-state index contributed by atoms with van der Waals surface area (Å²) in [6.45, 7) is 3.41. The molecular weight excluding hydrogens is 192 g/mol. The van der Waals surface area contributed by atoms with Gasteiger partial charge in [-0.1, -0.05) is 6.58 Å². The van der Waals surface area contributed by atoms with Crippen LogP contribution < -0.4 is 5.69 Å². The number of H-pyrrole nitrogens is 1. The van der Waals surface area contributed by atoms with Crippen LogP contribution >= 0.6 is 0 Å². The Hall–Kier alpha value is -2.10. The predicted octanol–water partition coefficient (Wildman–Crippen LogP) is 1.24.